The molecule has 0 aliphatic carbocycles. The first kappa shape index (κ1) is 13.0. The van der Waals surface area contributed by atoms with Gasteiger partial charge >= 0.3 is 5.97 Å². The standard InChI is InChI=1S/C12H7F3N2O2/c1-19-12(18)11-9(15)10(16-5-17-11)8-6(13)3-2-4-7(8)14/h2-5H,1H3. The van der Waals surface area contributed by atoms with E-state index >= 15 is 0 Å². The third kappa shape index (κ3) is 2.26. The van der Waals surface area contributed by atoms with E-state index in [1.807, 2.05) is 0 Å². The molecule has 2 aromatic rings. The average molecular weight is 268 g/mol. The third-order valence-corrected chi connectivity index (χ3v) is 2.37. The second-order valence-corrected chi connectivity index (χ2v) is 3.47. The van der Waals surface area contributed by atoms with E-state index in [4.69, 9.17) is 0 Å². The number of rotatable bonds is 2. The molecule has 0 N–H and O–H groups in total. The first-order valence-electron chi connectivity index (χ1n) is 5.09. The Kier molecular flexibility index (Phi) is 3.46. The molecule has 0 unspecified atom stereocenters. The quantitative estimate of drug-likeness (QED) is 0.784. The molecule has 0 aliphatic heterocycles. The molecule has 4 nitrogen and oxygen atoms in total. The Morgan fingerprint density at radius 1 is 1.16 bits per heavy atom. The van der Waals surface area contributed by atoms with Gasteiger partial charge in [0.1, 0.15) is 23.7 Å². The summed E-state index contributed by atoms with van der Waals surface area (Å²) in [5.74, 6) is -4.28. The predicted octanol–water partition coefficient (Wildman–Crippen LogP) is 2.35. The van der Waals surface area contributed by atoms with Gasteiger partial charge in [0.15, 0.2) is 11.5 Å². The third-order valence-electron chi connectivity index (χ3n) is 2.37. The van der Waals surface area contributed by atoms with Crippen LogP contribution >= 0.6 is 0 Å². The summed E-state index contributed by atoms with van der Waals surface area (Å²) >= 11 is 0. The predicted molar refractivity (Wildman–Crippen MR) is 58.7 cm³/mol. The van der Waals surface area contributed by atoms with Crippen LogP contribution in [0.4, 0.5) is 13.2 Å². The largest absolute Gasteiger partial charge is 0.464 e. The van der Waals surface area contributed by atoms with Crippen molar-refractivity contribution in [2.45, 2.75) is 0 Å². The number of benzene rings is 1. The molecule has 0 radical (unpaired) electrons. The second kappa shape index (κ2) is 5.05. The minimum absolute atomic E-state index is 0.633. The maximum absolute atomic E-state index is 14.0. The van der Waals surface area contributed by atoms with E-state index in [1.54, 1.807) is 0 Å². The number of ether oxygens (including phenoxy) is 1. The molecule has 0 fully saturated rings. The van der Waals surface area contributed by atoms with Crippen LogP contribution in [0.1, 0.15) is 10.5 Å². The van der Waals surface area contributed by atoms with E-state index in [9.17, 15) is 18.0 Å². The molecule has 1 heterocycles. The summed E-state index contributed by atoms with van der Waals surface area (Å²) in [7, 11) is 1.03. The Morgan fingerprint density at radius 3 is 2.37 bits per heavy atom. The number of halogens is 3. The highest BCUT2D eigenvalue weighted by molar-refractivity contribution is 5.88. The zero-order valence-corrected chi connectivity index (χ0v) is 9.65. The van der Waals surface area contributed by atoms with E-state index in [-0.39, 0.29) is 0 Å². The summed E-state index contributed by atoms with van der Waals surface area (Å²) in [4.78, 5) is 18.1. The Hall–Kier alpha value is -2.44. The average Bonchev–Trinajstić information content (AvgIpc) is 2.39. The molecular weight excluding hydrogens is 261 g/mol. The van der Waals surface area contributed by atoms with Crippen LogP contribution in [0.25, 0.3) is 11.3 Å². The van der Waals surface area contributed by atoms with Crippen molar-refractivity contribution in [3.63, 3.8) is 0 Å². The van der Waals surface area contributed by atoms with Crippen molar-refractivity contribution in [2.75, 3.05) is 7.11 Å². The number of carbonyl (C=O) groups is 1. The Bertz CT molecular complexity index is 627. The van der Waals surface area contributed by atoms with Crippen molar-refractivity contribution in [2.24, 2.45) is 0 Å². The Balaban J connectivity index is 2.67. The summed E-state index contributed by atoms with van der Waals surface area (Å²) in [6.07, 6.45) is 0.830. The molecule has 7 heteroatoms. The molecule has 0 bridgehead atoms. The molecule has 19 heavy (non-hydrogen) atoms. The van der Waals surface area contributed by atoms with Crippen molar-refractivity contribution in [1.29, 1.82) is 0 Å². The molecule has 0 atom stereocenters. The first-order valence-corrected chi connectivity index (χ1v) is 5.09. The minimum atomic E-state index is -1.24. The highest BCUT2D eigenvalue weighted by Gasteiger charge is 2.23. The van der Waals surface area contributed by atoms with E-state index in [0.29, 0.717) is 0 Å². The monoisotopic (exact) mass is 268 g/mol. The van der Waals surface area contributed by atoms with Gasteiger partial charge in [-0.2, -0.15) is 0 Å². The summed E-state index contributed by atoms with van der Waals surface area (Å²) in [5.41, 5.74) is -1.98. The number of nitrogens with zero attached hydrogens (tertiary/aromatic N) is 2. The lowest BCUT2D eigenvalue weighted by molar-refractivity contribution is 0.0588. The van der Waals surface area contributed by atoms with Crippen molar-refractivity contribution in [3.8, 4) is 11.3 Å². The minimum Gasteiger partial charge on any atom is -0.464 e. The van der Waals surface area contributed by atoms with Gasteiger partial charge in [0.2, 0.25) is 0 Å². The number of hydrogen-bond donors (Lipinski definition) is 0. The Labute approximate surface area is 105 Å². The molecule has 0 saturated carbocycles. The van der Waals surface area contributed by atoms with Gasteiger partial charge in [-0.15, -0.1) is 0 Å². The van der Waals surface area contributed by atoms with Gasteiger partial charge < -0.3 is 4.74 Å². The molecule has 0 aliphatic rings. The fourth-order valence-corrected chi connectivity index (χ4v) is 1.51. The summed E-state index contributed by atoms with van der Waals surface area (Å²) in [6.45, 7) is 0. The van der Waals surface area contributed by atoms with Crippen molar-refractivity contribution >= 4 is 5.97 Å². The molecule has 1 aromatic heterocycles. The zero-order valence-electron chi connectivity index (χ0n) is 9.65. The fourth-order valence-electron chi connectivity index (χ4n) is 1.51. The number of aromatic nitrogens is 2. The lowest BCUT2D eigenvalue weighted by Gasteiger charge is -2.07. The fraction of sp³-hybridized carbons (Fsp3) is 0.0833. The topological polar surface area (TPSA) is 52.1 Å². The van der Waals surface area contributed by atoms with Crippen LogP contribution in [0.2, 0.25) is 0 Å². The van der Waals surface area contributed by atoms with Crippen LogP contribution in [0.3, 0.4) is 0 Å². The van der Waals surface area contributed by atoms with Gasteiger partial charge in [-0.3, -0.25) is 0 Å². The van der Waals surface area contributed by atoms with Crippen molar-refractivity contribution in [1.82, 2.24) is 9.97 Å². The maximum atomic E-state index is 14.0. The normalized spacial score (nSPS) is 10.3. The molecule has 2 rings (SSSR count). The Morgan fingerprint density at radius 2 is 1.79 bits per heavy atom. The number of carbonyl (C=O) groups excluding carboxylic acids is 1. The van der Waals surface area contributed by atoms with E-state index in [1.165, 1.54) is 0 Å². The smallest absolute Gasteiger partial charge is 0.359 e. The number of methoxy groups -OCH3 is 1. The maximum Gasteiger partial charge on any atom is 0.359 e. The number of hydrogen-bond acceptors (Lipinski definition) is 4. The van der Waals surface area contributed by atoms with Gasteiger partial charge in [-0.1, -0.05) is 6.07 Å². The molecule has 0 saturated heterocycles. The van der Waals surface area contributed by atoms with Crippen LogP contribution in [-0.2, 0) is 4.74 Å². The van der Waals surface area contributed by atoms with Crippen LogP contribution in [0.15, 0.2) is 24.5 Å². The molecular formula is C12H7F3N2O2. The van der Waals surface area contributed by atoms with Gasteiger partial charge in [0.25, 0.3) is 0 Å². The lowest BCUT2D eigenvalue weighted by Crippen LogP contribution is -2.10. The molecule has 1 aromatic carbocycles. The van der Waals surface area contributed by atoms with Crippen molar-refractivity contribution < 1.29 is 22.7 Å². The van der Waals surface area contributed by atoms with Crippen molar-refractivity contribution in [3.05, 3.63) is 47.7 Å². The van der Waals surface area contributed by atoms with Gasteiger partial charge in [-0.05, 0) is 12.1 Å². The van der Waals surface area contributed by atoms with E-state index in [2.05, 4.69) is 14.7 Å². The zero-order chi connectivity index (χ0) is 14.0. The first-order chi connectivity index (χ1) is 9.06. The highest BCUT2D eigenvalue weighted by atomic mass is 19.1. The summed E-state index contributed by atoms with van der Waals surface area (Å²) in [5, 5.41) is 0. The summed E-state index contributed by atoms with van der Waals surface area (Å²) in [6, 6.07) is 3.05. The van der Waals surface area contributed by atoms with Gasteiger partial charge in [0.05, 0.1) is 12.7 Å². The number of esters is 1. The summed E-state index contributed by atoms with van der Waals surface area (Å²) < 4.78 is 45.4. The molecule has 98 valence electrons. The lowest BCUT2D eigenvalue weighted by atomic mass is 10.1. The molecule has 0 amide bonds. The van der Waals surface area contributed by atoms with Gasteiger partial charge in [-0.25, -0.2) is 27.9 Å². The SMILES string of the molecule is COC(=O)c1ncnc(-c2c(F)cccc2F)c1F. The van der Waals surface area contributed by atoms with Gasteiger partial charge in [0, 0.05) is 0 Å². The van der Waals surface area contributed by atoms with E-state index in [0.717, 1.165) is 31.6 Å². The van der Waals surface area contributed by atoms with Crippen LogP contribution in [0, 0.1) is 17.5 Å². The van der Waals surface area contributed by atoms with Crippen LogP contribution < -0.4 is 0 Å². The van der Waals surface area contributed by atoms with E-state index < -0.39 is 40.4 Å². The second-order valence-electron chi connectivity index (χ2n) is 3.47. The molecule has 0 spiro atoms. The highest BCUT2D eigenvalue weighted by Crippen LogP contribution is 2.27. The van der Waals surface area contributed by atoms with Crippen LogP contribution in [-0.4, -0.2) is 23.0 Å². The van der Waals surface area contributed by atoms with Crippen LogP contribution in [0.5, 0.6) is 0 Å².